The maximum Gasteiger partial charge on any atom is 0.294 e. The minimum Gasteiger partial charge on any atom is -0.373 e. The molecular weight excluding hydrogens is 216 g/mol. The number of hydrogen-bond donors (Lipinski definition) is 1. The predicted octanol–water partition coefficient (Wildman–Crippen LogP) is 1.18. The van der Waals surface area contributed by atoms with E-state index in [1.807, 2.05) is 6.92 Å². The molecule has 1 heterocycles. The minimum atomic E-state index is -4.12. The molecule has 0 spiro atoms. The van der Waals surface area contributed by atoms with E-state index in [1.54, 1.807) is 12.1 Å². The zero-order chi connectivity index (χ0) is 11.1. The molecule has 1 aliphatic heterocycles. The van der Waals surface area contributed by atoms with Crippen molar-refractivity contribution in [1.29, 1.82) is 0 Å². The van der Waals surface area contributed by atoms with Crippen molar-refractivity contribution in [2.24, 2.45) is 0 Å². The van der Waals surface area contributed by atoms with Crippen LogP contribution in [0.2, 0.25) is 0 Å². The molecule has 0 amide bonds. The monoisotopic (exact) mass is 228 g/mol. The highest BCUT2D eigenvalue weighted by Gasteiger charge is 2.26. The molecule has 1 fully saturated rings. The van der Waals surface area contributed by atoms with E-state index in [1.165, 1.54) is 6.07 Å². The fourth-order valence-electron chi connectivity index (χ4n) is 1.55. The molecule has 15 heavy (non-hydrogen) atoms. The Labute approximate surface area is 88.6 Å². The van der Waals surface area contributed by atoms with Crippen LogP contribution in [0, 0.1) is 6.92 Å². The van der Waals surface area contributed by atoms with Crippen molar-refractivity contribution in [3.63, 3.8) is 0 Å². The molecule has 0 saturated carbocycles. The number of epoxide rings is 1. The van der Waals surface area contributed by atoms with E-state index in [0.29, 0.717) is 18.6 Å². The first-order chi connectivity index (χ1) is 6.97. The average Bonchev–Trinajstić information content (AvgIpc) is 2.85. The van der Waals surface area contributed by atoms with E-state index in [4.69, 9.17) is 9.29 Å². The van der Waals surface area contributed by atoms with Gasteiger partial charge in [-0.3, -0.25) is 4.55 Å². The molecule has 1 N–H and O–H groups in total. The fraction of sp³-hybridized carbons (Fsp3) is 0.400. The molecule has 1 aromatic carbocycles. The lowest BCUT2D eigenvalue weighted by molar-refractivity contribution is 0.406. The molecule has 4 nitrogen and oxygen atoms in total. The van der Waals surface area contributed by atoms with Gasteiger partial charge in [-0.15, -0.1) is 0 Å². The van der Waals surface area contributed by atoms with E-state index in [9.17, 15) is 8.42 Å². The van der Waals surface area contributed by atoms with Crippen LogP contribution in [0.25, 0.3) is 0 Å². The van der Waals surface area contributed by atoms with Gasteiger partial charge in [-0.2, -0.15) is 8.42 Å². The maximum absolute atomic E-state index is 11.1. The van der Waals surface area contributed by atoms with Gasteiger partial charge in [-0.25, -0.2) is 0 Å². The number of ether oxygens (including phenoxy) is 1. The van der Waals surface area contributed by atoms with Crippen LogP contribution in [0.1, 0.15) is 11.1 Å². The Morgan fingerprint density at radius 1 is 1.53 bits per heavy atom. The van der Waals surface area contributed by atoms with Gasteiger partial charge in [0.05, 0.1) is 17.6 Å². The summed E-state index contributed by atoms with van der Waals surface area (Å²) in [5, 5.41) is 0. The topological polar surface area (TPSA) is 66.9 Å². The highest BCUT2D eigenvalue weighted by Crippen LogP contribution is 2.23. The van der Waals surface area contributed by atoms with Crippen molar-refractivity contribution in [2.45, 2.75) is 24.3 Å². The SMILES string of the molecule is Cc1ccc(S(=O)(=O)O)c(CC2CO2)c1. The molecular formula is C10H12O4S. The Kier molecular flexibility index (Phi) is 2.54. The van der Waals surface area contributed by atoms with Gasteiger partial charge in [-0.05, 0) is 18.6 Å². The molecule has 1 saturated heterocycles. The summed E-state index contributed by atoms with van der Waals surface area (Å²) in [7, 11) is -4.12. The summed E-state index contributed by atoms with van der Waals surface area (Å²) < 4.78 is 36.2. The fourth-order valence-corrected chi connectivity index (χ4v) is 2.26. The third-order valence-corrected chi connectivity index (χ3v) is 3.30. The molecule has 0 aliphatic carbocycles. The number of rotatable bonds is 3. The Bertz CT molecular complexity index is 474. The molecule has 1 unspecified atom stereocenters. The average molecular weight is 228 g/mol. The third-order valence-electron chi connectivity index (χ3n) is 2.34. The summed E-state index contributed by atoms with van der Waals surface area (Å²) >= 11 is 0. The summed E-state index contributed by atoms with van der Waals surface area (Å²) in [6, 6.07) is 4.87. The van der Waals surface area contributed by atoms with Crippen LogP contribution in [-0.2, 0) is 21.3 Å². The summed E-state index contributed by atoms with van der Waals surface area (Å²) in [6.07, 6.45) is 0.642. The van der Waals surface area contributed by atoms with Gasteiger partial charge in [0.2, 0.25) is 0 Å². The molecule has 1 atom stereocenters. The molecule has 5 heteroatoms. The van der Waals surface area contributed by atoms with Gasteiger partial charge in [0, 0.05) is 6.42 Å². The van der Waals surface area contributed by atoms with Crippen molar-refractivity contribution in [3.8, 4) is 0 Å². The van der Waals surface area contributed by atoms with Gasteiger partial charge < -0.3 is 4.74 Å². The first-order valence-corrected chi connectivity index (χ1v) is 6.09. The normalized spacial score (nSPS) is 20.3. The Balaban J connectivity index is 2.43. The first-order valence-electron chi connectivity index (χ1n) is 4.65. The number of benzene rings is 1. The van der Waals surface area contributed by atoms with E-state index < -0.39 is 10.1 Å². The largest absolute Gasteiger partial charge is 0.373 e. The highest BCUT2D eigenvalue weighted by atomic mass is 32.2. The van der Waals surface area contributed by atoms with Gasteiger partial charge in [-0.1, -0.05) is 17.7 Å². The second kappa shape index (κ2) is 3.59. The quantitative estimate of drug-likeness (QED) is 0.623. The first kappa shape index (κ1) is 10.6. The van der Waals surface area contributed by atoms with Crippen LogP contribution in [0.5, 0.6) is 0 Å². The summed E-state index contributed by atoms with van der Waals surface area (Å²) in [5.74, 6) is 0. The lowest BCUT2D eigenvalue weighted by Gasteiger charge is -2.06. The van der Waals surface area contributed by atoms with Crippen LogP contribution in [0.4, 0.5) is 0 Å². The van der Waals surface area contributed by atoms with Crippen molar-refractivity contribution in [3.05, 3.63) is 29.3 Å². The van der Waals surface area contributed by atoms with E-state index in [0.717, 1.165) is 5.56 Å². The zero-order valence-corrected chi connectivity index (χ0v) is 9.12. The molecule has 82 valence electrons. The second-order valence-corrected chi connectivity index (χ2v) is 5.14. The maximum atomic E-state index is 11.1. The van der Waals surface area contributed by atoms with Gasteiger partial charge >= 0.3 is 0 Å². The summed E-state index contributed by atoms with van der Waals surface area (Å²) in [5.41, 5.74) is 1.60. The molecule has 2 rings (SSSR count). The molecule has 0 aromatic heterocycles. The molecule has 1 aliphatic rings. The Morgan fingerprint density at radius 3 is 2.73 bits per heavy atom. The standard InChI is InChI=1S/C10H12O4S/c1-7-2-3-10(15(11,12)13)8(4-7)5-9-6-14-9/h2-4,9H,5-6H2,1H3,(H,11,12,13). The van der Waals surface area contributed by atoms with Crippen molar-refractivity contribution >= 4 is 10.1 Å². The predicted molar refractivity (Wildman–Crippen MR) is 54.4 cm³/mol. The van der Waals surface area contributed by atoms with E-state index >= 15 is 0 Å². The number of aryl methyl sites for hydroxylation is 1. The van der Waals surface area contributed by atoms with Gasteiger partial charge in [0.25, 0.3) is 10.1 Å². The van der Waals surface area contributed by atoms with Crippen molar-refractivity contribution in [2.75, 3.05) is 6.61 Å². The molecule has 0 bridgehead atoms. The summed E-state index contributed by atoms with van der Waals surface area (Å²) in [4.78, 5) is -0.0106. The van der Waals surface area contributed by atoms with Crippen LogP contribution in [-0.4, -0.2) is 25.7 Å². The van der Waals surface area contributed by atoms with E-state index in [2.05, 4.69) is 0 Å². The zero-order valence-electron chi connectivity index (χ0n) is 8.30. The van der Waals surface area contributed by atoms with Crippen LogP contribution < -0.4 is 0 Å². The van der Waals surface area contributed by atoms with Gasteiger partial charge in [0.15, 0.2) is 0 Å². The lowest BCUT2D eigenvalue weighted by atomic mass is 10.1. The van der Waals surface area contributed by atoms with Crippen molar-refractivity contribution < 1.29 is 17.7 Å². The van der Waals surface area contributed by atoms with Gasteiger partial charge in [0.1, 0.15) is 0 Å². The Morgan fingerprint density at radius 2 is 2.20 bits per heavy atom. The lowest BCUT2D eigenvalue weighted by Crippen LogP contribution is -2.05. The smallest absolute Gasteiger partial charge is 0.294 e. The summed E-state index contributed by atoms with van der Waals surface area (Å²) in [6.45, 7) is 2.55. The number of hydrogen-bond acceptors (Lipinski definition) is 3. The van der Waals surface area contributed by atoms with Crippen LogP contribution >= 0.6 is 0 Å². The highest BCUT2D eigenvalue weighted by molar-refractivity contribution is 7.85. The van der Waals surface area contributed by atoms with Crippen molar-refractivity contribution in [1.82, 2.24) is 0 Å². The van der Waals surface area contributed by atoms with Crippen LogP contribution in [0.3, 0.4) is 0 Å². The van der Waals surface area contributed by atoms with Crippen LogP contribution in [0.15, 0.2) is 23.1 Å². The third kappa shape index (κ3) is 2.56. The second-order valence-electron chi connectivity index (χ2n) is 3.75. The minimum absolute atomic E-state index is 0.0106. The van der Waals surface area contributed by atoms with E-state index in [-0.39, 0.29) is 11.0 Å². The molecule has 1 aromatic rings. The molecule has 0 radical (unpaired) electrons. The Hall–Kier alpha value is -0.910.